The molecule has 0 saturated heterocycles. The minimum atomic E-state index is -0.594. The molecule has 0 radical (unpaired) electrons. The van der Waals surface area contributed by atoms with Crippen LogP contribution in [0.2, 0.25) is 0 Å². The molecule has 0 aliphatic rings. The molecule has 5 aromatic rings. The van der Waals surface area contributed by atoms with Crippen molar-refractivity contribution >= 4 is 0 Å². The number of hydrogen-bond acceptors (Lipinski definition) is 3. The maximum atomic E-state index is 6.22. The van der Waals surface area contributed by atoms with Crippen LogP contribution >= 0.6 is 0 Å². The first kappa shape index (κ1) is 26.5. The molecule has 0 unspecified atom stereocenters. The molecule has 3 aromatic carbocycles. The summed E-state index contributed by atoms with van der Waals surface area (Å²) in [6.07, 6.45) is 12.5. The summed E-state index contributed by atoms with van der Waals surface area (Å²) in [4.78, 5) is 10.3. The third-order valence-electron chi connectivity index (χ3n) is 7.16. The number of hydrogen-bond donors (Lipinski definition) is 1. The molecule has 4 heteroatoms. The van der Waals surface area contributed by atoms with E-state index in [9.17, 15) is 0 Å². The topological polar surface area (TPSA) is 38.0 Å². The Balaban J connectivity index is 1.14. The second-order valence-corrected chi connectivity index (χ2v) is 9.77. The van der Waals surface area contributed by atoms with E-state index in [4.69, 9.17) is 4.84 Å². The van der Waals surface area contributed by atoms with Crippen molar-refractivity contribution in [1.29, 1.82) is 0 Å². The average molecular weight is 515 g/mol. The largest absolute Gasteiger partial charge is 0.300 e. The number of benzene rings is 3. The van der Waals surface area contributed by atoms with Gasteiger partial charge in [-0.1, -0.05) is 97.4 Å². The van der Waals surface area contributed by atoms with E-state index in [-0.39, 0.29) is 0 Å². The molecule has 0 amide bonds. The molecule has 2 heterocycles. The fourth-order valence-electron chi connectivity index (χ4n) is 5.07. The SMILES string of the molecule is c1ccc(C(NOCCCCCC[n+]2ccc(-c3ccncc3)cc2)(c2ccccc2)c2ccccc2)cc1. The lowest BCUT2D eigenvalue weighted by molar-refractivity contribution is -0.697. The van der Waals surface area contributed by atoms with Crippen molar-refractivity contribution in [1.82, 2.24) is 10.5 Å². The summed E-state index contributed by atoms with van der Waals surface area (Å²) in [5.74, 6) is 0. The highest BCUT2D eigenvalue weighted by Crippen LogP contribution is 2.36. The van der Waals surface area contributed by atoms with Crippen LogP contribution in [0.1, 0.15) is 42.4 Å². The number of nitrogens with zero attached hydrogens (tertiary/aromatic N) is 2. The molecule has 0 aliphatic carbocycles. The Morgan fingerprint density at radius 3 is 1.59 bits per heavy atom. The van der Waals surface area contributed by atoms with Gasteiger partial charge in [0.25, 0.3) is 0 Å². The van der Waals surface area contributed by atoms with Gasteiger partial charge in [0, 0.05) is 30.9 Å². The summed E-state index contributed by atoms with van der Waals surface area (Å²) < 4.78 is 2.26. The molecule has 5 rings (SSSR count). The first-order chi connectivity index (χ1) is 19.4. The highest BCUT2D eigenvalue weighted by Gasteiger charge is 2.36. The zero-order valence-electron chi connectivity index (χ0n) is 22.3. The summed E-state index contributed by atoms with van der Waals surface area (Å²) >= 11 is 0. The summed E-state index contributed by atoms with van der Waals surface area (Å²) in [5.41, 5.74) is 8.77. The number of unbranched alkanes of at least 4 members (excludes halogenated alkanes) is 3. The van der Waals surface area contributed by atoms with Gasteiger partial charge in [-0.3, -0.25) is 4.98 Å². The average Bonchev–Trinajstić information content (AvgIpc) is 3.02. The Morgan fingerprint density at radius 2 is 1.05 bits per heavy atom. The molecular weight excluding hydrogens is 478 g/mol. The van der Waals surface area contributed by atoms with Crippen molar-refractivity contribution in [2.45, 2.75) is 37.8 Å². The Morgan fingerprint density at radius 1 is 0.564 bits per heavy atom. The van der Waals surface area contributed by atoms with Gasteiger partial charge in [-0.15, -0.1) is 0 Å². The van der Waals surface area contributed by atoms with E-state index in [0.717, 1.165) is 42.5 Å². The Hall–Kier alpha value is -4.12. The highest BCUT2D eigenvalue weighted by molar-refractivity contribution is 5.61. The van der Waals surface area contributed by atoms with Crippen molar-refractivity contribution in [3.63, 3.8) is 0 Å². The quantitative estimate of drug-likeness (QED) is 0.0787. The minimum Gasteiger partial charge on any atom is -0.300 e. The van der Waals surface area contributed by atoms with Crippen molar-refractivity contribution in [2.75, 3.05) is 6.61 Å². The molecule has 1 N–H and O–H groups in total. The van der Waals surface area contributed by atoms with Crippen LogP contribution in [-0.2, 0) is 16.9 Å². The van der Waals surface area contributed by atoms with Gasteiger partial charge in [0.05, 0.1) is 6.61 Å². The number of pyridine rings is 2. The predicted octanol–water partition coefficient (Wildman–Crippen LogP) is 7.11. The molecule has 4 nitrogen and oxygen atoms in total. The van der Waals surface area contributed by atoms with Crippen LogP contribution in [0.4, 0.5) is 0 Å². The summed E-state index contributed by atoms with van der Waals surface area (Å²) in [7, 11) is 0. The third kappa shape index (κ3) is 6.66. The first-order valence-electron chi connectivity index (χ1n) is 13.8. The molecule has 0 aliphatic heterocycles. The van der Waals surface area contributed by atoms with Gasteiger partial charge in [0.15, 0.2) is 12.4 Å². The van der Waals surface area contributed by atoms with Gasteiger partial charge in [0.2, 0.25) is 0 Å². The van der Waals surface area contributed by atoms with Crippen molar-refractivity contribution in [3.05, 3.63) is 157 Å². The smallest absolute Gasteiger partial charge is 0.169 e. The minimum absolute atomic E-state index is 0.594. The molecule has 0 bridgehead atoms. The second-order valence-electron chi connectivity index (χ2n) is 9.77. The lowest BCUT2D eigenvalue weighted by Crippen LogP contribution is -2.44. The number of nitrogens with one attached hydrogen (secondary N) is 1. The second kappa shape index (κ2) is 13.6. The zero-order valence-corrected chi connectivity index (χ0v) is 22.3. The monoisotopic (exact) mass is 514 g/mol. The van der Waals surface area contributed by atoms with Crippen molar-refractivity contribution < 1.29 is 9.40 Å². The lowest BCUT2D eigenvalue weighted by atomic mass is 9.78. The Kier molecular flexibility index (Phi) is 9.24. The summed E-state index contributed by atoms with van der Waals surface area (Å²) in [6.45, 7) is 1.68. The van der Waals surface area contributed by atoms with E-state index in [1.807, 2.05) is 24.5 Å². The Bertz CT molecular complexity index is 1280. The lowest BCUT2D eigenvalue weighted by Gasteiger charge is -2.36. The molecule has 2 aromatic heterocycles. The third-order valence-corrected chi connectivity index (χ3v) is 7.16. The summed E-state index contributed by atoms with van der Waals surface area (Å²) in [5, 5.41) is 0. The molecule has 0 spiro atoms. The Labute approximate surface area is 231 Å². The molecule has 0 saturated carbocycles. The van der Waals surface area contributed by atoms with E-state index >= 15 is 0 Å². The van der Waals surface area contributed by atoms with E-state index < -0.39 is 5.54 Å². The van der Waals surface area contributed by atoms with E-state index in [0.29, 0.717) is 6.61 Å². The number of aromatic nitrogens is 2. The molecule has 0 atom stereocenters. The van der Waals surface area contributed by atoms with Crippen LogP contribution in [0.25, 0.3) is 11.1 Å². The molecular formula is C35H36N3O+. The van der Waals surface area contributed by atoms with Crippen LogP contribution in [-0.4, -0.2) is 11.6 Å². The standard InChI is InChI=1S/C35H36N3O/c1(12-26-38-27-22-31(23-28-38)30-20-24-36-25-21-30)2-13-29-39-37-35(32-14-6-3-7-15-32,33-16-8-4-9-17-33)34-18-10-5-11-19-34/h3-11,14-25,27-28,37H,1-2,12-13,26,29H2/q+1. The fourth-order valence-corrected chi connectivity index (χ4v) is 5.07. The molecule has 39 heavy (non-hydrogen) atoms. The normalized spacial score (nSPS) is 11.4. The van der Waals surface area contributed by atoms with Gasteiger partial charge in [-0.25, -0.2) is 4.57 Å². The predicted molar refractivity (Wildman–Crippen MR) is 157 cm³/mol. The van der Waals surface area contributed by atoms with Gasteiger partial charge in [-0.05, 0) is 52.8 Å². The number of aryl methyl sites for hydroxylation is 1. The van der Waals surface area contributed by atoms with E-state index in [1.165, 1.54) is 17.5 Å². The molecule has 196 valence electrons. The van der Waals surface area contributed by atoms with Crippen LogP contribution in [0.5, 0.6) is 0 Å². The fraction of sp³-hybridized carbons (Fsp3) is 0.200. The summed E-state index contributed by atoms with van der Waals surface area (Å²) in [6, 6.07) is 40.1. The van der Waals surface area contributed by atoms with Gasteiger partial charge >= 0.3 is 0 Å². The molecule has 0 fully saturated rings. The van der Waals surface area contributed by atoms with E-state index in [1.54, 1.807) is 0 Å². The van der Waals surface area contributed by atoms with Gasteiger partial charge in [0.1, 0.15) is 12.1 Å². The van der Waals surface area contributed by atoms with E-state index in [2.05, 4.69) is 131 Å². The number of rotatable bonds is 13. The maximum absolute atomic E-state index is 6.22. The zero-order chi connectivity index (χ0) is 26.6. The van der Waals surface area contributed by atoms with Crippen molar-refractivity contribution in [2.24, 2.45) is 0 Å². The highest BCUT2D eigenvalue weighted by atomic mass is 16.6. The number of hydroxylamine groups is 1. The van der Waals surface area contributed by atoms with Gasteiger partial charge in [-0.2, -0.15) is 5.48 Å². The van der Waals surface area contributed by atoms with Crippen LogP contribution in [0, 0.1) is 0 Å². The van der Waals surface area contributed by atoms with Crippen LogP contribution in [0.3, 0.4) is 0 Å². The first-order valence-corrected chi connectivity index (χ1v) is 13.8. The maximum Gasteiger partial charge on any atom is 0.169 e. The van der Waals surface area contributed by atoms with Crippen LogP contribution in [0.15, 0.2) is 140 Å². The van der Waals surface area contributed by atoms with Gasteiger partial charge < -0.3 is 4.84 Å². The van der Waals surface area contributed by atoms with Crippen LogP contribution < -0.4 is 10.0 Å². The van der Waals surface area contributed by atoms with Crippen molar-refractivity contribution in [3.8, 4) is 11.1 Å².